The highest BCUT2D eigenvalue weighted by molar-refractivity contribution is 9.10. The van der Waals surface area contributed by atoms with Crippen LogP contribution in [0, 0.1) is 0 Å². The summed E-state index contributed by atoms with van der Waals surface area (Å²) in [5.41, 5.74) is 0.903. The van der Waals surface area contributed by atoms with E-state index >= 15 is 0 Å². The number of hydrogen-bond acceptors (Lipinski definition) is 4. The maximum Gasteiger partial charge on any atom is 0.138 e. The highest BCUT2D eigenvalue weighted by atomic mass is 79.9. The third-order valence-electron chi connectivity index (χ3n) is 2.95. The van der Waals surface area contributed by atoms with Crippen LogP contribution in [0.4, 0.5) is 0 Å². The molecule has 0 saturated carbocycles. The van der Waals surface area contributed by atoms with Crippen LogP contribution in [0.5, 0.6) is 11.5 Å². The third-order valence-corrected chi connectivity index (χ3v) is 3.73. The summed E-state index contributed by atoms with van der Waals surface area (Å²) in [5, 5.41) is 0. The zero-order valence-corrected chi connectivity index (χ0v) is 12.0. The maximum absolute atomic E-state index is 11.5. The van der Waals surface area contributed by atoms with Gasteiger partial charge in [-0.15, -0.1) is 0 Å². The summed E-state index contributed by atoms with van der Waals surface area (Å²) in [6, 6.07) is 3.74. The van der Waals surface area contributed by atoms with Crippen LogP contribution >= 0.6 is 15.9 Å². The standard InChI is InChI=1S/C13H15BrO4/c1-16-11-5-8(6-12(17-2)13(11)14)10-7-9(15)3-4-18-10/h5-6,10H,3-4,7H2,1-2H3. The zero-order chi connectivity index (χ0) is 13.1. The molecule has 0 aliphatic carbocycles. The number of benzene rings is 1. The van der Waals surface area contributed by atoms with E-state index in [9.17, 15) is 4.79 Å². The number of hydrogen-bond donors (Lipinski definition) is 0. The van der Waals surface area contributed by atoms with E-state index in [-0.39, 0.29) is 11.9 Å². The number of carbonyl (C=O) groups excluding carboxylic acids is 1. The second kappa shape index (κ2) is 5.71. The van der Waals surface area contributed by atoms with E-state index in [1.54, 1.807) is 14.2 Å². The van der Waals surface area contributed by atoms with Gasteiger partial charge < -0.3 is 14.2 Å². The summed E-state index contributed by atoms with van der Waals surface area (Å²) in [4.78, 5) is 11.5. The molecule has 1 aromatic rings. The van der Waals surface area contributed by atoms with Gasteiger partial charge in [0.25, 0.3) is 0 Å². The fraction of sp³-hybridized carbons (Fsp3) is 0.462. The van der Waals surface area contributed by atoms with E-state index in [0.29, 0.717) is 30.9 Å². The molecule has 0 amide bonds. The van der Waals surface area contributed by atoms with Crippen LogP contribution in [0.2, 0.25) is 0 Å². The summed E-state index contributed by atoms with van der Waals surface area (Å²) in [6.07, 6.45) is 0.706. The zero-order valence-electron chi connectivity index (χ0n) is 10.4. The van der Waals surface area contributed by atoms with Gasteiger partial charge in [-0.25, -0.2) is 0 Å². The van der Waals surface area contributed by atoms with Crippen LogP contribution in [0.25, 0.3) is 0 Å². The lowest BCUT2D eigenvalue weighted by Gasteiger charge is -2.23. The first-order valence-electron chi connectivity index (χ1n) is 5.70. The Morgan fingerprint density at radius 3 is 2.39 bits per heavy atom. The Kier molecular flexibility index (Phi) is 4.24. The second-order valence-corrected chi connectivity index (χ2v) is 4.88. The molecule has 1 aliphatic heterocycles. The first-order chi connectivity index (χ1) is 8.65. The molecule has 1 fully saturated rings. The first-order valence-corrected chi connectivity index (χ1v) is 6.49. The predicted molar refractivity (Wildman–Crippen MR) is 70.2 cm³/mol. The van der Waals surface area contributed by atoms with Crippen molar-refractivity contribution in [3.8, 4) is 11.5 Å². The van der Waals surface area contributed by atoms with Crippen molar-refractivity contribution in [1.29, 1.82) is 0 Å². The Morgan fingerprint density at radius 1 is 1.28 bits per heavy atom. The van der Waals surface area contributed by atoms with Crippen LogP contribution < -0.4 is 9.47 Å². The molecular weight excluding hydrogens is 300 g/mol. The third kappa shape index (κ3) is 2.67. The number of rotatable bonds is 3. The minimum absolute atomic E-state index is 0.206. The van der Waals surface area contributed by atoms with E-state index in [1.807, 2.05) is 12.1 Å². The van der Waals surface area contributed by atoms with Crippen molar-refractivity contribution >= 4 is 21.7 Å². The van der Waals surface area contributed by atoms with Crippen molar-refractivity contribution < 1.29 is 19.0 Å². The molecule has 1 aliphatic rings. The Morgan fingerprint density at radius 2 is 1.89 bits per heavy atom. The lowest BCUT2D eigenvalue weighted by Crippen LogP contribution is -2.19. The van der Waals surface area contributed by atoms with Gasteiger partial charge in [0.1, 0.15) is 21.8 Å². The molecule has 1 atom stereocenters. The number of methoxy groups -OCH3 is 2. The van der Waals surface area contributed by atoms with Crippen LogP contribution in [0.3, 0.4) is 0 Å². The average Bonchev–Trinajstić information content (AvgIpc) is 2.39. The second-order valence-electron chi connectivity index (χ2n) is 4.09. The van der Waals surface area contributed by atoms with Gasteiger partial charge in [0, 0.05) is 12.8 Å². The molecule has 0 radical (unpaired) electrons. The minimum atomic E-state index is -0.206. The smallest absolute Gasteiger partial charge is 0.138 e. The number of ether oxygens (including phenoxy) is 3. The molecule has 4 nitrogen and oxygen atoms in total. The normalized spacial score (nSPS) is 19.7. The quantitative estimate of drug-likeness (QED) is 0.860. The largest absolute Gasteiger partial charge is 0.495 e. The monoisotopic (exact) mass is 314 g/mol. The molecule has 1 unspecified atom stereocenters. The van der Waals surface area contributed by atoms with E-state index in [4.69, 9.17) is 14.2 Å². The van der Waals surface area contributed by atoms with Gasteiger partial charge in [-0.2, -0.15) is 0 Å². The molecule has 0 N–H and O–H groups in total. The Hall–Kier alpha value is -1.07. The molecule has 0 aromatic heterocycles. The van der Waals surface area contributed by atoms with Crippen molar-refractivity contribution in [1.82, 2.24) is 0 Å². The molecule has 0 spiro atoms. The predicted octanol–water partition coefficient (Wildman–Crippen LogP) is 2.89. The van der Waals surface area contributed by atoms with Crippen molar-refractivity contribution in [2.75, 3.05) is 20.8 Å². The van der Waals surface area contributed by atoms with Gasteiger partial charge >= 0.3 is 0 Å². The maximum atomic E-state index is 11.5. The van der Waals surface area contributed by atoms with Crippen molar-refractivity contribution in [2.24, 2.45) is 0 Å². The van der Waals surface area contributed by atoms with Crippen LogP contribution in [-0.4, -0.2) is 26.6 Å². The molecular formula is C13H15BrO4. The first kappa shape index (κ1) is 13.4. The molecule has 5 heteroatoms. The van der Waals surface area contributed by atoms with Crippen molar-refractivity contribution in [2.45, 2.75) is 18.9 Å². The van der Waals surface area contributed by atoms with E-state index in [0.717, 1.165) is 10.0 Å². The number of Topliss-reactive ketones (excluding diaryl/α,β-unsaturated/α-hetero) is 1. The lowest BCUT2D eigenvalue weighted by atomic mass is 10.00. The molecule has 0 bridgehead atoms. The molecule has 2 rings (SSSR count). The SMILES string of the molecule is COc1cc(C2CC(=O)CCO2)cc(OC)c1Br. The van der Waals surface area contributed by atoms with E-state index in [2.05, 4.69) is 15.9 Å². The van der Waals surface area contributed by atoms with E-state index in [1.165, 1.54) is 0 Å². The van der Waals surface area contributed by atoms with Crippen molar-refractivity contribution in [3.05, 3.63) is 22.2 Å². The highest BCUT2D eigenvalue weighted by Crippen LogP contribution is 2.39. The van der Waals surface area contributed by atoms with Crippen molar-refractivity contribution in [3.63, 3.8) is 0 Å². The van der Waals surface area contributed by atoms with Gasteiger partial charge in [-0.3, -0.25) is 4.79 Å². The molecule has 1 heterocycles. The number of ketones is 1. The molecule has 1 saturated heterocycles. The Labute approximate surface area is 114 Å². The highest BCUT2D eigenvalue weighted by Gasteiger charge is 2.23. The van der Waals surface area contributed by atoms with Crippen LogP contribution in [0.15, 0.2) is 16.6 Å². The molecule has 18 heavy (non-hydrogen) atoms. The minimum Gasteiger partial charge on any atom is -0.495 e. The fourth-order valence-electron chi connectivity index (χ4n) is 1.97. The van der Waals surface area contributed by atoms with Gasteiger partial charge in [0.15, 0.2) is 0 Å². The lowest BCUT2D eigenvalue weighted by molar-refractivity contribution is -0.128. The number of halogens is 1. The summed E-state index contributed by atoms with van der Waals surface area (Å²) in [5.74, 6) is 1.57. The Balaban J connectivity index is 2.35. The summed E-state index contributed by atoms with van der Waals surface area (Å²) < 4.78 is 16.9. The van der Waals surface area contributed by atoms with Gasteiger partial charge in [0.2, 0.25) is 0 Å². The molecule has 1 aromatic carbocycles. The fourth-order valence-corrected chi connectivity index (χ4v) is 2.53. The Bertz CT molecular complexity index is 433. The average molecular weight is 315 g/mol. The molecule has 98 valence electrons. The summed E-state index contributed by atoms with van der Waals surface area (Å²) in [7, 11) is 3.19. The van der Waals surface area contributed by atoms with E-state index < -0.39 is 0 Å². The summed E-state index contributed by atoms with van der Waals surface area (Å²) in [6.45, 7) is 0.476. The van der Waals surface area contributed by atoms with Gasteiger partial charge in [-0.1, -0.05) is 0 Å². The topological polar surface area (TPSA) is 44.8 Å². The van der Waals surface area contributed by atoms with Crippen LogP contribution in [0.1, 0.15) is 24.5 Å². The summed E-state index contributed by atoms with van der Waals surface area (Å²) >= 11 is 3.41. The van der Waals surface area contributed by atoms with Crippen LogP contribution in [-0.2, 0) is 9.53 Å². The van der Waals surface area contributed by atoms with Gasteiger partial charge in [0.05, 0.1) is 26.9 Å². The van der Waals surface area contributed by atoms with Gasteiger partial charge in [-0.05, 0) is 33.6 Å². The number of carbonyl (C=O) groups is 1.